The van der Waals surface area contributed by atoms with Crippen LogP contribution in [-0.4, -0.2) is 68.2 Å². The third-order valence-electron chi connectivity index (χ3n) is 6.68. The van der Waals surface area contributed by atoms with E-state index in [1.54, 1.807) is 49.1 Å². The summed E-state index contributed by atoms with van der Waals surface area (Å²) < 4.78 is 23.3. The van der Waals surface area contributed by atoms with Crippen molar-refractivity contribution in [2.75, 3.05) is 30.4 Å². The number of ether oxygens (including phenoxy) is 1. The Hall–Kier alpha value is -4.15. The number of hydrogen-bond donors (Lipinski definition) is 1. The molecule has 2 amide bonds. The molecule has 1 N–H and O–H groups in total. The first-order chi connectivity index (χ1) is 17.9. The highest BCUT2D eigenvalue weighted by atomic mass is 19.1. The van der Waals surface area contributed by atoms with Crippen LogP contribution in [0.2, 0.25) is 0 Å². The van der Waals surface area contributed by atoms with Gasteiger partial charge in [-0.25, -0.2) is 9.18 Å². The molecule has 200 valence electrons. The molecule has 0 aliphatic carbocycles. The SMILES string of the molecule is CN(C(=O)OC(C)(C)C)[C@@H]1CCN(c2ccc(C(=O)Nc3cc(F)c4nn(C)cc4c3)c3nn(C)cc23)C1. The Morgan fingerprint density at radius 1 is 1.11 bits per heavy atom. The van der Waals surface area contributed by atoms with Gasteiger partial charge < -0.3 is 19.9 Å². The van der Waals surface area contributed by atoms with Gasteiger partial charge in [0.1, 0.15) is 16.6 Å². The van der Waals surface area contributed by atoms with Crippen molar-refractivity contribution in [3.63, 3.8) is 0 Å². The molecule has 11 heteroatoms. The number of aryl methyl sites for hydroxylation is 2. The van der Waals surface area contributed by atoms with Crippen molar-refractivity contribution >= 4 is 45.2 Å². The summed E-state index contributed by atoms with van der Waals surface area (Å²) in [5.74, 6) is -0.886. The van der Waals surface area contributed by atoms with E-state index in [-0.39, 0.29) is 23.6 Å². The van der Waals surface area contributed by atoms with Crippen LogP contribution in [0.15, 0.2) is 36.7 Å². The summed E-state index contributed by atoms with van der Waals surface area (Å²) in [4.78, 5) is 29.7. The van der Waals surface area contributed by atoms with Crippen molar-refractivity contribution < 1.29 is 18.7 Å². The maximum atomic E-state index is 14.5. The number of likely N-dealkylation sites (N-methyl/N-ethyl adjacent to an activating group) is 1. The second kappa shape index (κ2) is 9.30. The lowest BCUT2D eigenvalue weighted by atomic mass is 10.1. The Morgan fingerprint density at radius 3 is 2.55 bits per heavy atom. The van der Waals surface area contributed by atoms with Crippen molar-refractivity contribution in [3.8, 4) is 0 Å². The number of carbonyl (C=O) groups is 2. The molecule has 1 fully saturated rings. The van der Waals surface area contributed by atoms with E-state index < -0.39 is 11.4 Å². The van der Waals surface area contributed by atoms with E-state index in [2.05, 4.69) is 20.4 Å². The predicted molar refractivity (Wildman–Crippen MR) is 144 cm³/mol. The van der Waals surface area contributed by atoms with Gasteiger partial charge in [0.15, 0.2) is 5.82 Å². The van der Waals surface area contributed by atoms with Crippen molar-refractivity contribution in [2.24, 2.45) is 14.1 Å². The zero-order chi connectivity index (χ0) is 27.4. The van der Waals surface area contributed by atoms with Crippen LogP contribution in [0.3, 0.4) is 0 Å². The number of anilines is 2. The highest BCUT2D eigenvalue weighted by molar-refractivity contribution is 6.14. The Bertz CT molecular complexity index is 1550. The van der Waals surface area contributed by atoms with Gasteiger partial charge in [-0.1, -0.05) is 0 Å². The van der Waals surface area contributed by atoms with E-state index in [1.807, 2.05) is 33.0 Å². The minimum Gasteiger partial charge on any atom is -0.444 e. The first kappa shape index (κ1) is 25.5. The fourth-order valence-corrected chi connectivity index (χ4v) is 4.91. The van der Waals surface area contributed by atoms with Crippen LogP contribution >= 0.6 is 0 Å². The maximum Gasteiger partial charge on any atom is 0.410 e. The number of nitrogens with one attached hydrogen (secondary N) is 1. The van der Waals surface area contributed by atoms with E-state index in [0.717, 1.165) is 24.0 Å². The number of fused-ring (bicyclic) bond motifs is 2. The van der Waals surface area contributed by atoms with E-state index in [4.69, 9.17) is 4.74 Å². The average Bonchev–Trinajstić information content (AvgIpc) is 3.54. The van der Waals surface area contributed by atoms with Gasteiger partial charge in [0, 0.05) is 68.8 Å². The van der Waals surface area contributed by atoms with Gasteiger partial charge in [0.05, 0.1) is 11.6 Å². The number of carbonyl (C=O) groups excluding carboxylic acids is 2. The number of aromatic nitrogens is 4. The lowest BCUT2D eigenvalue weighted by Crippen LogP contribution is -2.42. The number of halogens is 1. The molecule has 0 saturated carbocycles. The Balaban J connectivity index is 1.38. The molecule has 0 unspecified atom stereocenters. The molecule has 10 nitrogen and oxygen atoms in total. The first-order valence-electron chi connectivity index (χ1n) is 12.5. The normalized spacial score (nSPS) is 15.9. The molecular weight excluding hydrogens is 489 g/mol. The number of benzene rings is 2. The molecule has 0 bridgehead atoms. The zero-order valence-electron chi connectivity index (χ0n) is 22.4. The maximum absolute atomic E-state index is 14.5. The molecule has 0 spiro atoms. The van der Waals surface area contributed by atoms with Gasteiger partial charge in [-0.2, -0.15) is 10.2 Å². The third kappa shape index (κ3) is 4.88. The quantitative estimate of drug-likeness (QED) is 0.430. The molecule has 5 rings (SSSR count). The highest BCUT2D eigenvalue weighted by Crippen LogP contribution is 2.33. The number of nitrogens with zero attached hydrogens (tertiary/aromatic N) is 6. The molecule has 4 aromatic rings. The zero-order valence-corrected chi connectivity index (χ0v) is 22.4. The lowest BCUT2D eigenvalue weighted by Gasteiger charge is -2.29. The summed E-state index contributed by atoms with van der Waals surface area (Å²) in [6.45, 7) is 6.94. The third-order valence-corrected chi connectivity index (χ3v) is 6.68. The van der Waals surface area contributed by atoms with Gasteiger partial charge in [-0.15, -0.1) is 0 Å². The number of amides is 2. The van der Waals surface area contributed by atoms with Crippen LogP contribution in [0.4, 0.5) is 20.6 Å². The van der Waals surface area contributed by atoms with Crippen LogP contribution in [0.1, 0.15) is 37.6 Å². The topological polar surface area (TPSA) is 97.5 Å². The first-order valence-corrected chi connectivity index (χ1v) is 12.5. The molecule has 38 heavy (non-hydrogen) atoms. The van der Waals surface area contributed by atoms with Crippen molar-refractivity contribution in [1.29, 1.82) is 0 Å². The van der Waals surface area contributed by atoms with Crippen LogP contribution in [-0.2, 0) is 18.8 Å². The molecule has 1 aliphatic heterocycles. The summed E-state index contributed by atoms with van der Waals surface area (Å²) in [6, 6.07) is 6.60. The summed E-state index contributed by atoms with van der Waals surface area (Å²) in [5.41, 5.74) is 1.91. The Labute approximate surface area is 219 Å². The Kier molecular flexibility index (Phi) is 6.24. The molecular formula is C27H32FN7O3. The van der Waals surface area contributed by atoms with Crippen LogP contribution < -0.4 is 10.2 Å². The summed E-state index contributed by atoms with van der Waals surface area (Å²) in [7, 11) is 5.29. The summed E-state index contributed by atoms with van der Waals surface area (Å²) in [5, 5.41) is 12.9. The van der Waals surface area contributed by atoms with Gasteiger partial charge in [-0.05, 0) is 51.5 Å². The van der Waals surface area contributed by atoms with Crippen LogP contribution in [0, 0.1) is 5.82 Å². The largest absolute Gasteiger partial charge is 0.444 e. The van der Waals surface area contributed by atoms with Crippen molar-refractivity contribution in [1.82, 2.24) is 24.5 Å². The van der Waals surface area contributed by atoms with E-state index in [1.165, 1.54) is 10.7 Å². The molecule has 0 radical (unpaired) electrons. The van der Waals surface area contributed by atoms with Gasteiger partial charge in [-0.3, -0.25) is 14.2 Å². The minimum absolute atomic E-state index is 0.00293. The minimum atomic E-state index is -0.558. The monoisotopic (exact) mass is 521 g/mol. The smallest absolute Gasteiger partial charge is 0.410 e. The summed E-state index contributed by atoms with van der Waals surface area (Å²) >= 11 is 0. The number of rotatable bonds is 4. The van der Waals surface area contributed by atoms with Gasteiger partial charge in [0.25, 0.3) is 5.91 Å². The van der Waals surface area contributed by atoms with Crippen LogP contribution in [0.5, 0.6) is 0 Å². The lowest BCUT2D eigenvalue weighted by molar-refractivity contribution is 0.0237. The fraction of sp³-hybridized carbons (Fsp3) is 0.407. The highest BCUT2D eigenvalue weighted by Gasteiger charge is 2.32. The van der Waals surface area contributed by atoms with Crippen molar-refractivity contribution in [2.45, 2.75) is 38.8 Å². The second-order valence-corrected chi connectivity index (χ2v) is 10.8. The van der Waals surface area contributed by atoms with Gasteiger partial charge >= 0.3 is 6.09 Å². The molecule has 2 aromatic carbocycles. The molecule has 1 saturated heterocycles. The molecule has 3 heterocycles. The molecule has 2 aromatic heterocycles. The number of hydrogen-bond acceptors (Lipinski definition) is 6. The van der Waals surface area contributed by atoms with E-state index >= 15 is 0 Å². The van der Waals surface area contributed by atoms with Crippen LogP contribution in [0.25, 0.3) is 21.8 Å². The fourth-order valence-electron chi connectivity index (χ4n) is 4.91. The Morgan fingerprint density at radius 2 is 1.82 bits per heavy atom. The molecule has 1 aliphatic rings. The van der Waals surface area contributed by atoms with E-state index in [0.29, 0.717) is 28.7 Å². The predicted octanol–water partition coefficient (Wildman–Crippen LogP) is 4.30. The van der Waals surface area contributed by atoms with Crippen molar-refractivity contribution in [3.05, 3.63) is 48.0 Å². The van der Waals surface area contributed by atoms with Gasteiger partial charge in [0.2, 0.25) is 0 Å². The second-order valence-electron chi connectivity index (χ2n) is 10.8. The van der Waals surface area contributed by atoms with E-state index in [9.17, 15) is 14.0 Å². The standard InChI is InChI=1S/C27H32FN7O3/c1-27(2,3)38-26(37)34(6)18-9-10-35(14-18)22-8-7-19(24-20(22)15-33(5)31-24)25(36)29-17-11-16-13-32(4)30-23(16)21(28)12-17/h7-8,11-13,15,18H,9-10,14H2,1-6H3,(H,29,36)/t18-/m1/s1. The average molecular weight is 522 g/mol. The summed E-state index contributed by atoms with van der Waals surface area (Å²) in [6.07, 6.45) is 4.03. The molecule has 1 atom stereocenters.